The van der Waals surface area contributed by atoms with E-state index in [1.807, 2.05) is 25.2 Å². The molecule has 2 nitrogen and oxygen atoms in total. The lowest BCUT2D eigenvalue weighted by Crippen LogP contribution is -2.23. The maximum absolute atomic E-state index is 9.58. The Balaban J connectivity index is 3.56. The second kappa shape index (κ2) is 17.0. The summed E-state index contributed by atoms with van der Waals surface area (Å²) in [6.45, 7) is 5.58. The van der Waals surface area contributed by atoms with Crippen LogP contribution in [0.25, 0.3) is 0 Å². The van der Waals surface area contributed by atoms with Gasteiger partial charge >= 0.3 is 0 Å². The van der Waals surface area contributed by atoms with Crippen molar-refractivity contribution in [3.8, 4) is 0 Å². The van der Waals surface area contributed by atoms with Crippen LogP contribution < -0.4 is 0 Å². The van der Waals surface area contributed by atoms with Crippen molar-refractivity contribution >= 4 is 0 Å². The molecular formula is C21H34O2. The first-order valence-electron chi connectivity index (χ1n) is 8.79. The lowest BCUT2D eigenvalue weighted by atomic mass is 10.1. The quantitative estimate of drug-likeness (QED) is 0.339. The standard InChI is InChI=1S/C21H34O2/c1-3-5-6-7-8-9-10-11-12-13-14-15-16-17-18-19-21(23)20(22)4-2/h3,8-9,11-12,14-15,17-18,20-23H,1,4-7,10,13,16,19H2,2H3. The van der Waals surface area contributed by atoms with Gasteiger partial charge in [0.2, 0.25) is 0 Å². The van der Waals surface area contributed by atoms with E-state index in [9.17, 15) is 10.2 Å². The van der Waals surface area contributed by atoms with E-state index in [0.717, 1.165) is 32.1 Å². The molecule has 0 aliphatic rings. The van der Waals surface area contributed by atoms with Gasteiger partial charge in [-0.1, -0.05) is 61.6 Å². The number of rotatable bonds is 14. The lowest BCUT2D eigenvalue weighted by Gasteiger charge is -2.13. The van der Waals surface area contributed by atoms with Gasteiger partial charge in [0.1, 0.15) is 0 Å². The summed E-state index contributed by atoms with van der Waals surface area (Å²) in [5.74, 6) is 0. The third-order valence-corrected chi connectivity index (χ3v) is 3.50. The van der Waals surface area contributed by atoms with Crippen LogP contribution in [-0.4, -0.2) is 22.4 Å². The second-order valence-corrected chi connectivity index (χ2v) is 5.59. The molecule has 0 saturated heterocycles. The number of aliphatic hydroxyl groups excluding tert-OH is 2. The molecule has 0 rings (SSSR count). The average molecular weight is 319 g/mol. The van der Waals surface area contributed by atoms with Crippen molar-refractivity contribution in [2.45, 2.75) is 70.5 Å². The van der Waals surface area contributed by atoms with E-state index in [4.69, 9.17) is 0 Å². The Morgan fingerprint density at radius 1 is 0.739 bits per heavy atom. The molecule has 0 bridgehead atoms. The number of hydrogen-bond acceptors (Lipinski definition) is 2. The normalized spacial score (nSPS) is 15.3. The van der Waals surface area contributed by atoms with Crippen molar-refractivity contribution in [2.75, 3.05) is 0 Å². The molecule has 0 fully saturated rings. The predicted molar refractivity (Wildman–Crippen MR) is 101 cm³/mol. The lowest BCUT2D eigenvalue weighted by molar-refractivity contribution is 0.0197. The van der Waals surface area contributed by atoms with Gasteiger partial charge in [-0.25, -0.2) is 0 Å². The van der Waals surface area contributed by atoms with Crippen LogP contribution >= 0.6 is 0 Å². The summed E-state index contributed by atoms with van der Waals surface area (Å²) in [6, 6.07) is 0. The maximum Gasteiger partial charge on any atom is 0.0833 e. The van der Waals surface area contributed by atoms with Crippen LogP contribution in [-0.2, 0) is 0 Å². The van der Waals surface area contributed by atoms with Gasteiger partial charge in [-0.3, -0.25) is 0 Å². The van der Waals surface area contributed by atoms with Crippen LogP contribution in [0.4, 0.5) is 0 Å². The van der Waals surface area contributed by atoms with Gasteiger partial charge in [0.25, 0.3) is 0 Å². The highest BCUT2D eigenvalue weighted by Crippen LogP contribution is 2.04. The summed E-state index contributed by atoms with van der Waals surface area (Å²) in [4.78, 5) is 0. The van der Waals surface area contributed by atoms with Gasteiger partial charge in [0.15, 0.2) is 0 Å². The van der Waals surface area contributed by atoms with Gasteiger partial charge in [-0.05, 0) is 51.4 Å². The molecule has 0 aromatic heterocycles. The first kappa shape index (κ1) is 21.6. The topological polar surface area (TPSA) is 40.5 Å². The Morgan fingerprint density at radius 3 is 1.78 bits per heavy atom. The van der Waals surface area contributed by atoms with E-state index in [-0.39, 0.29) is 0 Å². The van der Waals surface area contributed by atoms with Crippen LogP contribution in [0.1, 0.15) is 58.3 Å². The molecule has 0 aliphatic carbocycles. The van der Waals surface area contributed by atoms with Crippen LogP contribution in [0.2, 0.25) is 0 Å². The minimum absolute atomic E-state index is 0.516. The van der Waals surface area contributed by atoms with Crippen molar-refractivity contribution < 1.29 is 10.2 Å². The highest BCUT2D eigenvalue weighted by atomic mass is 16.3. The van der Waals surface area contributed by atoms with Gasteiger partial charge < -0.3 is 10.2 Å². The van der Waals surface area contributed by atoms with Crippen LogP contribution in [0.5, 0.6) is 0 Å². The molecule has 0 aromatic rings. The zero-order chi connectivity index (χ0) is 17.2. The molecule has 0 saturated carbocycles. The number of hydrogen-bond donors (Lipinski definition) is 2. The molecule has 0 heterocycles. The Hall–Kier alpha value is -1.38. The molecule has 2 heteroatoms. The molecular weight excluding hydrogens is 284 g/mol. The summed E-state index contributed by atoms with van der Waals surface area (Å²) in [6.07, 6.45) is 25.1. The molecule has 23 heavy (non-hydrogen) atoms. The Kier molecular flexibility index (Phi) is 16.0. The van der Waals surface area contributed by atoms with Crippen LogP contribution in [0.15, 0.2) is 61.3 Å². The zero-order valence-electron chi connectivity index (χ0n) is 14.6. The van der Waals surface area contributed by atoms with E-state index in [1.54, 1.807) is 0 Å². The van der Waals surface area contributed by atoms with Crippen LogP contribution in [0.3, 0.4) is 0 Å². The highest BCUT2D eigenvalue weighted by molar-refractivity contribution is 4.99. The molecule has 0 radical (unpaired) electrons. The second-order valence-electron chi connectivity index (χ2n) is 5.59. The third-order valence-electron chi connectivity index (χ3n) is 3.50. The van der Waals surface area contributed by atoms with Crippen LogP contribution in [0, 0.1) is 0 Å². The summed E-state index contributed by atoms with van der Waals surface area (Å²) in [7, 11) is 0. The predicted octanol–water partition coefficient (Wildman–Crippen LogP) is 5.26. The Bertz CT molecular complexity index is 377. The minimum Gasteiger partial charge on any atom is -0.390 e. The molecule has 0 spiro atoms. The largest absolute Gasteiger partial charge is 0.390 e. The van der Waals surface area contributed by atoms with E-state index in [1.165, 1.54) is 6.42 Å². The van der Waals surface area contributed by atoms with Gasteiger partial charge in [0, 0.05) is 0 Å². The van der Waals surface area contributed by atoms with E-state index < -0.39 is 12.2 Å². The zero-order valence-corrected chi connectivity index (χ0v) is 14.6. The first-order valence-corrected chi connectivity index (χ1v) is 8.79. The van der Waals surface area contributed by atoms with Crippen molar-refractivity contribution in [1.29, 1.82) is 0 Å². The number of unbranched alkanes of at least 4 members (excludes halogenated alkanes) is 2. The van der Waals surface area contributed by atoms with Gasteiger partial charge in [-0.15, -0.1) is 6.58 Å². The molecule has 2 atom stereocenters. The molecule has 0 aliphatic heterocycles. The summed E-state index contributed by atoms with van der Waals surface area (Å²) >= 11 is 0. The van der Waals surface area contributed by atoms with Gasteiger partial charge in [0.05, 0.1) is 12.2 Å². The van der Waals surface area contributed by atoms with Gasteiger partial charge in [-0.2, -0.15) is 0 Å². The SMILES string of the molecule is C=CCCCC=CCC=CCC=CCC=CCC(O)C(O)CC. The van der Waals surface area contributed by atoms with E-state index >= 15 is 0 Å². The summed E-state index contributed by atoms with van der Waals surface area (Å²) < 4.78 is 0. The Labute approximate surface area is 142 Å². The first-order chi connectivity index (χ1) is 11.2. The molecule has 130 valence electrons. The third kappa shape index (κ3) is 15.3. The van der Waals surface area contributed by atoms with Crippen molar-refractivity contribution in [3.63, 3.8) is 0 Å². The monoisotopic (exact) mass is 318 g/mol. The smallest absolute Gasteiger partial charge is 0.0833 e. The van der Waals surface area contributed by atoms with Crippen molar-refractivity contribution in [1.82, 2.24) is 0 Å². The highest BCUT2D eigenvalue weighted by Gasteiger charge is 2.11. The molecule has 0 aromatic carbocycles. The van der Waals surface area contributed by atoms with E-state index in [2.05, 4.69) is 43.0 Å². The van der Waals surface area contributed by atoms with E-state index in [0.29, 0.717) is 12.8 Å². The Morgan fingerprint density at radius 2 is 1.26 bits per heavy atom. The summed E-state index contributed by atoms with van der Waals surface area (Å²) in [5.41, 5.74) is 0. The van der Waals surface area contributed by atoms with Crippen molar-refractivity contribution in [3.05, 3.63) is 61.3 Å². The molecule has 2 unspecified atom stereocenters. The fraction of sp³-hybridized carbons (Fsp3) is 0.524. The molecule has 2 N–H and O–H groups in total. The summed E-state index contributed by atoms with van der Waals surface area (Å²) in [5, 5.41) is 19.0. The number of allylic oxidation sites excluding steroid dienone is 8. The molecule has 0 amide bonds. The maximum atomic E-state index is 9.58. The fourth-order valence-electron chi connectivity index (χ4n) is 1.98. The fourth-order valence-corrected chi connectivity index (χ4v) is 1.98. The number of aliphatic hydroxyl groups is 2. The average Bonchev–Trinajstić information content (AvgIpc) is 2.57. The minimum atomic E-state index is -0.645. The van der Waals surface area contributed by atoms with Crippen molar-refractivity contribution in [2.24, 2.45) is 0 Å².